The molecule has 0 spiro atoms. The Morgan fingerprint density at radius 1 is 1.40 bits per heavy atom. The summed E-state index contributed by atoms with van der Waals surface area (Å²) in [5.41, 5.74) is 5.53. The van der Waals surface area contributed by atoms with E-state index >= 15 is 0 Å². The Morgan fingerprint density at radius 2 is 2.20 bits per heavy atom. The van der Waals surface area contributed by atoms with Crippen molar-refractivity contribution >= 4 is 12.4 Å². The molecule has 15 heavy (non-hydrogen) atoms. The zero-order chi connectivity index (χ0) is 10.2. The number of halogens is 1. The minimum atomic E-state index is 0. The zero-order valence-electron chi connectivity index (χ0n) is 9.32. The van der Waals surface area contributed by atoms with Crippen molar-refractivity contribution in [2.45, 2.75) is 12.8 Å². The van der Waals surface area contributed by atoms with E-state index in [4.69, 9.17) is 10.8 Å². The molecule has 0 aliphatic carbocycles. The summed E-state index contributed by atoms with van der Waals surface area (Å²) >= 11 is 0. The normalized spacial score (nSPS) is 21.4. The van der Waals surface area contributed by atoms with E-state index in [-0.39, 0.29) is 19.0 Å². The number of nitrogens with one attached hydrogen (secondary N) is 1. The molecule has 1 unspecified atom stereocenters. The maximum absolute atomic E-state index is 8.89. The monoisotopic (exact) mass is 237 g/mol. The van der Waals surface area contributed by atoms with Gasteiger partial charge in [0.05, 0.1) is 6.61 Å². The van der Waals surface area contributed by atoms with E-state index in [0.717, 1.165) is 38.6 Å². The lowest BCUT2D eigenvalue weighted by Gasteiger charge is -2.29. The second kappa shape index (κ2) is 9.36. The predicted molar refractivity (Wildman–Crippen MR) is 65.4 cm³/mol. The van der Waals surface area contributed by atoms with Gasteiger partial charge in [-0.15, -0.1) is 12.4 Å². The first kappa shape index (κ1) is 15.1. The first-order chi connectivity index (χ1) is 6.86. The fourth-order valence-electron chi connectivity index (χ4n) is 2.06. The summed E-state index contributed by atoms with van der Waals surface area (Å²) in [6.07, 6.45) is 2.58. The topological polar surface area (TPSA) is 61.5 Å². The first-order valence-electron chi connectivity index (χ1n) is 5.61. The van der Waals surface area contributed by atoms with Crippen LogP contribution in [-0.2, 0) is 0 Å². The van der Waals surface area contributed by atoms with Gasteiger partial charge in [0.1, 0.15) is 0 Å². The smallest absolute Gasteiger partial charge is 0.0558 e. The van der Waals surface area contributed by atoms with Crippen LogP contribution in [-0.4, -0.2) is 55.9 Å². The van der Waals surface area contributed by atoms with Crippen molar-refractivity contribution in [1.29, 1.82) is 0 Å². The molecule has 4 nitrogen and oxygen atoms in total. The molecule has 1 aliphatic heterocycles. The van der Waals surface area contributed by atoms with E-state index in [1.54, 1.807) is 0 Å². The van der Waals surface area contributed by atoms with E-state index < -0.39 is 0 Å². The molecule has 0 aromatic rings. The quantitative estimate of drug-likeness (QED) is 0.592. The molecule has 92 valence electrons. The number of hydrogen-bond acceptors (Lipinski definition) is 4. The van der Waals surface area contributed by atoms with Crippen LogP contribution in [0.15, 0.2) is 0 Å². The van der Waals surface area contributed by atoms with Gasteiger partial charge in [0.25, 0.3) is 0 Å². The summed E-state index contributed by atoms with van der Waals surface area (Å²) in [6, 6.07) is 0. The van der Waals surface area contributed by atoms with Crippen LogP contribution >= 0.6 is 12.4 Å². The molecular weight excluding hydrogens is 214 g/mol. The molecule has 1 heterocycles. The van der Waals surface area contributed by atoms with Crippen LogP contribution in [0.4, 0.5) is 0 Å². The van der Waals surface area contributed by atoms with Crippen molar-refractivity contribution < 1.29 is 5.11 Å². The zero-order valence-corrected chi connectivity index (χ0v) is 10.1. The number of nitrogens with zero attached hydrogens (tertiary/aromatic N) is 1. The maximum atomic E-state index is 8.89. The average molecular weight is 238 g/mol. The summed E-state index contributed by atoms with van der Waals surface area (Å²) in [6.45, 7) is 5.93. The standard InChI is InChI=1S/C10H23N3O.ClH/c11-3-5-13(6-7-14)9-10-2-1-4-12-8-10;/h10,12,14H,1-9,11H2;1H. The Kier molecular flexibility index (Phi) is 9.44. The lowest BCUT2D eigenvalue weighted by molar-refractivity contribution is 0.168. The molecule has 0 amide bonds. The highest BCUT2D eigenvalue weighted by atomic mass is 35.5. The third kappa shape index (κ3) is 6.33. The molecule has 1 rings (SSSR count). The SMILES string of the molecule is Cl.NCCN(CCO)CC1CCCNC1. The second-order valence-corrected chi connectivity index (χ2v) is 4.03. The van der Waals surface area contributed by atoms with Gasteiger partial charge in [-0.2, -0.15) is 0 Å². The predicted octanol–water partition coefficient (Wildman–Crippen LogP) is -0.339. The molecule has 5 heteroatoms. The minimum absolute atomic E-state index is 0. The van der Waals surface area contributed by atoms with Crippen molar-refractivity contribution in [3.05, 3.63) is 0 Å². The molecule has 1 atom stereocenters. The van der Waals surface area contributed by atoms with Gasteiger partial charge in [-0.1, -0.05) is 0 Å². The van der Waals surface area contributed by atoms with Gasteiger partial charge in [-0.05, 0) is 31.8 Å². The lowest BCUT2D eigenvalue weighted by atomic mass is 9.99. The molecule has 0 radical (unpaired) electrons. The molecule has 0 aromatic heterocycles. The largest absolute Gasteiger partial charge is 0.395 e. The van der Waals surface area contributed by atoms with Crippen LogP contribution in [0, 0.1) is 5.92 Å². The molecule has 0 saturated carbocycles. The molecule has 4 N–H and O–H groups in total. The van der Waals surface area contributed by atoms with E-state index in [1.807, 2.05) is 0 Å². The number of piperidine rings is 1. The lowest BCUT2D eigenvalue weighted by Crippen LogP contribution is -2.41. The fourth-order valence-corrected chi connectivity index (χ4v) is 2.06. The number of hydrogen-bond donors (Lipinski definition) is 3. The highest BCUT2D eigenvalue weighted by molar-refractivity contribution is 5.85. The van der Waals surface area contributed by atoms with Gasteiger partial charge in [-0.25, -0.2) is 0 Å². The highest BCUT2D eigenvalue weighted by Crippen LogP contribution is 2.11. The van der Waals surface area contributed by atoms with Crippen LogP contribution in [0.3, 0.4) is 0 Å². The Hall–Kier alpha value is 0.130. The average Bonchev–Trinajstić information content (AvgIpc) is 2.20. The number of aliphatic hydroxyl groups is 1. The van der Waals surface area contributed by atoms with Crippen LogP contribution in [0.5, 0.6) is 0 Å². The van der Waals surface area contributed by atoms with Gasteiger partial charge in [0.15, 0.2) is 0 Å². The Labute approximate surface area is 98.6 Å². The van der Waals surface area contributed by atoms with Gasteiger partial charge in [-0.3, -0.25) is 4.90 Å². The van der Waals surface area contributed by atoms with Crippen molar-refractivity contribution in [1.82, 2.24) is 10.2 Å². The molecule has 1 saturated heterocycles. The molecule has 1 fully saturated rings. The molecule has 0 bridgehead atoms. The van der Waals surface area contributed by atoms with Crippen molar-refractivity contribution in [3.63, 3.8) is 0 Å². The van der Waals surface area contributed by atoms with Gasteiger partial charge < -0.3 is 16.2 Å². The third-order valence-corrected chi connectivity index (χ3v) is 2.78. The maximum Gasteiger partial charge on any atom is 0.0558 e. The fraction of sp³-hybridized carbons (Fsp3) is 1.00. The van der Waals surface area contributed by atoms with Crippen LogP contribution in [0.25, 0.3) is 0 Å². The molecule has 0 aromatic carbocycles. The van der Waals surface area contributed by atoms with Crippen LogP contribution < -0.4 is 11.1 Å². The van der Waals surface area contributed by atoms with Gasteiger partial charge >= 0.3 is 0 Å². The summed E-state index contributed by atoms with van der Waals surface area (Å²) < 4.78 is 0. The summed E-state index contributed by atoms with van der Waals surface area (Å²) in [4.78, 5) is 2.26. The van der Waals surface area contributed by atoms with Gasteiger partial charge in [0, 0.05) is 26.2 Å². The molecular formula is C10H24ClN3O. The third-order valence-electron chi connectivity index (χ3n) is 2.78. The highest BCUT2D eigenvalue weighted by Gasteiger charge is 2.15. The van der Waals surface area contributed by atoms with Crippen molar-refractivity contribution in [2.24, 2.45) is 11.7 Å². The summed E-state index contributed by atoms with van der Waals surface area (Å²) in [5.74, 6) is 0.738. The summed E-state index contributed by atoms with van der Waals surface area (Å²) in [5, 5.41) is 12.3. The van der Waals surface area contributed by atoms with E-state index in [1.165, 1.54) is 12.8 Å². The summed E-state index contributed by atoms with van der Waals surface area (Å²) in [7, 11) is 0. The Morgan fingerprint density at radius 3 is 2.73 bits per heavy atom. The number of rotatable bonds is 6. The van der Waals surface area contributed by atoms with E-state index in [2.05, 4.69) is 10.2 Å². The van der Waals surface area contributed by atoms with E-state index in [0.29, 0.717) is 6.54 Å². The number of aliphatic hydroxyl groups excluding tert-OH is 1. The minimum Gasteiger partial charge on any atom is -0.395 e. The number of nitrogens with two attached hydrogens (primary N) is 1. The van der Waals surface area contributed by atoms with Crippen molar-refractivity contribution in [2.75, 3.05) is 45.9 Å². The first-order valence-corrected chi connectivity index (χ1v) is 5.61. The van der Waals surface area contributed by atoms with Gasteiger partial charge in [0.2, 0.25) is 0 Å². The molecule has 1 aliphatic rings. The Balaban J connectivity index is 0.00000196. The Bertz CT molecular complexity index is 137. The van der Waals surface area contributed by atoms with Crippen molar-refractivity contribution in [3.8, 4) is 0 Å². The second-order valence-electron chi connectivity index (χ2n) is 4.03. The van der Waals surface area contributed by atoms with Crippen LogP contribution in [0.2, 0.25) is 0 Å². The van der Waals surface area contributed by atoms with E-state index in [9.17, 15) is 0 Å². The van der Waals surface area contributed by atoms with Crippen LogP contribution in [0.1, 0.15) is 12.8 Å².